The van der Waals surface area contributed by atoms with Gasteiger partial charge in [-0.05, 0) is 121 Å². The number of aliphatic hydroxyl groups is 4. The van der Waals surface area contributed by atoms with Crippen molar-refractivity contribution in [1.82, 2.24) is 0 Å². The third-order valence-corrected chi connectivity index (χ3v) is 11.7. The Morgan fingerprint density at radius 1 is 0.641 bits per heavy atom. The van der Waals surface area contributed by atoms with Crippen molar-refractivity contribution in [3.05, 3.63) is 127 Å². The van der Waals surface area contributed by atoms with Gasteiger partial charge in [0, 0.05) is 13.1 Å². The highest BCUT2D eigenvalue weighted by atomic mass is 35.5. The van der Waals surface area contributed by atoms with Crippen LogP contribution in [0.25, 0.3) is 12.2 Å². The van der Waals surface area contributed by atoms with Gasteiger partial charge in [-0.2, -0.15) is 0 Å². The summed E-state index contributed by atoms with van der Waals surface area (Å²) in [7, 11) is 0. The zero-order valence-electron chi connectivity index (χ0n) is 34.8. The van der Waals surface area contributed by atoms with Gasteiger partial charge in [-0.15, -0.1) is 0 Å². The summed E-state index contributed by atoms with van der Waals surface area (Å²) in [5, 5.41) is 38.7. The lowest BCUT2D eigenvalue weighted by atomic mass is 10.1. The quantitative estimate of drug-likeness (QED) is 0.0795. The molecule has 6 rings (SSSR count). The molecule has 2 atom stereocenters. The number of nitrogens with zero attached hydrogens (tertiary/aromatic N) is 4. The van der Waals surface area contributed by atoms with Crippen molar-refractivity contribution in [1.29, 1.82) is 0 Å². The van der Waals surface area contributed by atoms with E-state index < -0.39 is 12.2 Å². The van der Waals surface area contributed by atoms with Crippen LogP contribution < -0.4 is 19.3 Å². The number of benzene rings is 4. The van der Waals surface area contributed by atoms with Crippen molar-refractivity contribution >= 4 is 92.4 Å². The Balaban J connectivity index is 0.000000330. The van der Waals surface area contributed by atoms with E-state index in [1.807, 2.05) is 76.2 Å². The maximum Gasteiger partial charge on any atom is 0.271 e. The molecule has 0 radical (unpaired) electrons. The first-order chi connectivity index (χ1) is 29.9. The summed E-state index contributed by atoms with van der Waals surface area (Å²) < 4.78 is 10.8. The maximum atomic E-state index is 13.2. The summed E-state index contributed by atoms with van der Waals surface area (Å²) >= 11 is 15.3. The highest BCUT2D eigenvalue weighted by Gasteiger charge is 2.36. The molecule has 64 heavy (non-hydrogen) atoms. The summed E-state index contributed by atoms with van der Waals surface area (Å²) in [5.41, 5.74) is 5.13. The minimum atomic E-state index is -0.973. The first-order valence-electron chi connectivity index (χ1n) is 20.0. The highest BCUT2D eigenvalue weighted by Crippen LogP contribution is 2.40. The first kappa shape index (κ1) is 53.7. The van der Waals surface area contributed by atoms with E-state index in [1.165, 1.54) is 23.5 Å². The van der Waals surface area contributed by atoms with Crippen LogP contribution in [0.4, 0.5) is 11.4 Å². The predicted octanol–water partition coefficient (Wildman–Crippen LogP) is 9.81. The number of rotatable bonds is 16. The molecule has 0 aromatic heterocycles. The molecule has 344 valence electrons. The fourth-order valence-corrected chi connectivity index (χ4v) is 8.34. The van der Waals surface area contributed by atoms with Crippen molar-refractivity contribution in [3.8, 4) is 11.5 Å². The van der Waals surface area contributed by atoms with Crippen LogP contribution in [0, 0.1) is 13.8 Å². The molecule has 2 aliphatic heterocycles. The topological polar surface area (TPSA) is 165 Å². The lowest BCUT2D eigenvalue weighted by Gasteiger charge is -2.18. The van der Waals surface area contributed by atoms with Gasteiger partial charge in [-0.1, -0.05) is 100 Å². The van der Waals surface area contributed by atoms with Crippen molar-refractivity contribution < 1.29 is 39.5 Å². The number of carbonyl (C=O) groups is 2. The molecule has 2 aliphatic rings. The molecule has 2 saturated heterocycles. The van der Waals surface area contributed by atoms with Crippen LogP contribution >= 0.6 is 46.7 Å². The Bertz CT molecular complexity index is 2180. The predicted molar refractivity (Wildman–Crippen MR) is 267 cm³/mol. The second kappa shape index (κ2) is 26.4. The number of aryl methyl sites for hydroxylation is 2. The highest BCUT2D eigenvalue weighted by molar-refractivity contribution is 8.19. The van der Waals surface area contributed by atoms with Crippen LogP contribution in [-0.2, 0) is 9.59 Å². The smallest absolute Gasteiger partial charge is 0.271 e. The fraction of sp³-hybridized carbons (Fsp3) is 0.333. The van der Waals surface area contributed by atoms with Gasteiger partial charge in [0.2, 0.25) is 0 Å². The number of ether oxygens (including phenoxy) is 2. The van der Waals surface area contributed by atoms with Gasteiger partial charge in [-0.25, -0.2) is 0 Å². The second-order valence-electron chi connectivity index (χ2n) is 14.1. The fourth-order valence-electron chi connectivity index (χ4n) is 5.85. The molecule has 0 spiro atoms. The second-order valence-corrected chi connectivity index (χ2v) is 16.9. The van der Waals surface area contributed by atoms with E-state index >= 15 is 0 Å². The molecule has 0 saturated carbocycles. The molecular formula is C48H58Cl2N4O8S2. The molecule has 4 aromatic carbocycles. The minimum Gasteiger partial charge on any atom is -0.489 e. The third kappa shape index (κ3) is 14.2. The normalized spacial score (nSPS) is 17.0. The molecule has 2 amide bonds. The Labute approximate surface area is 395 Å². The lowest BCUT2D eigenvalue weighted by molar-refractivity contribution is -0.114. The largest absolute Gasteiger partial charge is 0.489 e. The van der Waals surface area contributed by atoms with Gasteiger partial charge in [-0.3, -0.25) is 29.4 Å². The van der Waals surface area contributed by atoms with Crippen molar-refractivity contribution in [2.45, 2.75) is 67.6 Å². The minimum absolute atomic E-state index is 0. The van der Waals surface area contributed by atoms with E-state index in [0.29, 0.717) is 54.8 Å². The molecule has 2 fully saturated rings. The summed E-state index contributed by atoms with van der Waals surface area (Å²) in [6.07, 6.45) is 3.40. The van der Waals surface area contributed by atoms with Gasteiger partial charge in [0.05, 0.1) is 44.4 Å². The molecule has 0 aliphatic carbocycles. The van der Waals surface area contributed by atoms with Gasteiger partial charge >= 0.3 is 0 Å². The van der Waals surface area contributed by atoms with E-state index in [1.54, 1.807) is 58.4 Å². The number of halogens is 2. The Hall–Kier alpha value is -4.64. The van der Waals surface area contributed by atoms with E-state index in [9.17, 15) is 19.8 Å². The molecule has 4 N–H and O–H groups in total. The monoisotopic (exact) mass is 952 g/mol. The van der Waals surface area contributed by atoms with Crippen LogP contribution in [0.15, 0.2) is 105 Å². The van der Waals surface area contributed by atoms with Gasteiger partial charge < -0.3 is 29.9 Å². The van der Waals surface area contributed by atoms with Crippen LogP contribution in [0.2, 0.25) is 10.0 Å². The van der Waals surface area contributed by atoms with Gasteiger partial charge in [0.25, 0.3) is 11.8 Å². The summed E-state index contributed by atoms with van der Waals surface area (Å²) in [5.74, 6) is 0.537. The lowest BCUT2D eigenvalue weighted by Crippen LogP contribution is -2.29. The van der Waals surface area contributed by atoms with Crippen LogP contribution in [0.5, 0.6) is 11.5 Å². The van der Waals surface area contributed by atoms with Crippen molar-refractivity contribution in [3.63, 3.8) is 0 Å². The molecular weight excluding hydrogens is 896 g/mol. The number of aliphatic hydroxyl groups excluding tert-OH is 4. The maximum absolute atomic E-state index is 13.2. The van der Waals surface area contributed by atoms with Crippen molar-refractivity contribution in [2.75, 3.05) is 49.3 Å². The standard InChI is InChI=1S/2C23H25ClN2O4S.2CH4/c2*1-3-10-25-23-26(19-7-5-4-6-15(19)2)22(29)21(31-23)12-16-8-9-20(18(24)11-16)30-14-17(28)13-27;;/h2*4-9,11-12,17,27-28H,3,10,13-14H2,1-2H3;2*1H4/b2*21-12-,25-23?;;. The molecule has 0 bridgehead atoms. The Kier molecular flexibility index (Phi) is 22.1. The first-order valence-corrected chi connectivity index (χ1v) is 22.4. The molecule has 16 heteroatoms. The molecule has 2 heterocycles. The number of aliphatic imine (C=N–C) groups is 2. The van der Waals surface area contributed by atoms with Crippen LogP contribution in [-0.4, -0.2) is 94.3 Å². The SMILES string of the molecule is C.C.CCCN=C1S/C(=C\c2ccc(OCC(O)CO)c(Cl)c2)C(=O)N1c1ccccc1C.CCCN=C1S/C(=C\c2ccc(OCC(O)CO)c(Cl)c2)C(=O)N1c1ccccc1C. The Morgan fingerprint density at radius 3 is 1.34 bits per heavy atom. The molecule has 2 unspecified atom stereocenters. The van der Waals surface area contributed by atoms with Gasteiger partial charge in [0.1, 0.15) is 36.9 Å². The summed E-state index contributed by atoms with van der Waals surface area (Å²) in [6.45, 7) is 8.42. The zero-order chi connectivity index (χ0) is 44.8. The number of para-hydroxylation sites is 2. The van der Waals surface area contributed by atoms with Crippen molar-refractivity contribution in [2.24, 2.45) is 9.98 Å². The third-order valence-electron chi connectivity index (χ3n) is 9.06. The molecule has 4 aromatic rings. The molecule has 12 nitrogen and oxygen atoms in total. The average molecular weight is 954 g/mol. The number of carbonyl (C=O) groups excluding carboxylic acids is 2. The van der Waals surface area contributed by atoms with Crippen LogP contribution in [0.3, 0.4) is 0 Å². The number of hydrogen-bond acceptors (Lipinski definition) is 12. The number of anilines is 2. The van der Waals surface area contributed by atoms with E-state index in [2.05, 4.69) is 9.98 Å². The number of hydrogen-bond donors (Lipinski definition) is 4. The van der Waals surface area contributed by atoms with E-state index in [-0.39, 0.29) is 53.1 Å². The summed E-state index contributed by atoms with van der Waals surface area (Å²) in [4.78, 5) is 40.2. The zero-order valence-corrected chi connectivity index (χ0v) is 38.0. The Morgan fingerprint density at radius 2 is 1.02 bits per heavy atom. The average Bonchev–Trinajstić information content (AvgIpc) is 3.74. The number of amides is 2. The number of amidine groups is 2. The number of thioether (sulfide) groups is 2. The van der Waals surface area contributed by atoms with Crippen LogP contribution in [0.1, 0.15) is 63.8 Å². The van der Waals surface area contributed by atoms with Gasteiger partial charge in [0.15, 0.2) is 10.3 Å². The summed E-state index contributed by atoms with van der Waals surface area (Å²) in [6, 6.07) is 25.8. The van der Waals surface area contributed by atoms with E-state index in [0.717, 1.165) is 46.5 Å². The van der Waals surface area contributed by atoms with E-state index in [4.69, 9.17) is 42.9 Å².